The van der Waals surface area contributed by atoms with Gasteiger partial charge < -0.3 is 4.74 Å². The van der Waals surface area contributed by atoms with Gasteiger partial charge in [-0.3, -0.25) is 0 Å². The molecular formula is C19H20N2O. The number of hydrogen-bond donors (Lipinski definition) is 0. The van der Waals surface area contributed by atoms with Gasteiger partial charge in [0.15, 0.2) is 0 Å². The largest absolute Gasteiger partial charge is 0.489 e. The second kappa shape index (κ2) is 6.06. The van der Waals surface area contributed by atoms with E-state index in [0.717, 1.165) is 22.8 Å². The Kier molecular flexibility index (Phi) is 3.96. The minimum atomic E-state index is 0.589. The fourth-order valence-electron chi connectivity index (χ4n) is 2.51. The first-order valence-corrected chi connectivity index (χ1v) is 7.44. The summed E-state index contributed by atoms with van der Waals surface area (Å²) < 4.78 is 7.81. The van der Waals surface area contributed by atoms with E-state index in [1.165, 1.54) is 11.1 Å². The highest BCUT2D eigenvalue weighted by molar-refractivity contribution is 5.38. The molecular weight excluding hydrogens is 272 g/mol. The zero-order chi connectivity index (χ0) is 15.5. The van der Waals surface area contributed by atoms with Crippen LogP contribution in [-0.4, -0.2) is 9.78 Å². The normalized spacial score (nSPS) is 10.7. The maximum Gasteiger partial charge on any atom is 0.119 e. The van der Waals surface area contributed by atoms with Crippen molar-refractivity contribution in [2.45, 2.75) is 27.4 Å². The molecule has 3 aromatic rings. The Morgan fingerprint density at radius 2 is 1.68 bits per heavy atom. The quantitative estimate of drug-likeness (QED) is 0.713. The van der Waals surface area contributed by atoms with Crippen molar-refractivity contribution in [3.63, 3.8) is 0 Å². The number of hydrogen-bond acceptors (Lipinski definition) is 2. The molecule has 0 radical (unpaired) electrons. The maximum atomic E-state index is 5.87. The van der Waals surface area contributed by atoms with Gasteiger partial charge in [-0.15, -0.1) is 0 Å². The molecule has 0 N–H and O–H groups in total. The highest BCUT2D eigenvalue weighted by Gasteiger charge is 2.04. The molecule has 0 spiro atoms. The summed E-state index contributed by atoms with van der Waals surface area (Å²) in [5.41, 5.74) is 5.67. The van der Waals surface area contributed by atoms with Gasteiger partial charge in [0.25, 0.3) is 0 Å². The molecule has 3 rings (SSSR count). The van der Waals surface area contributed by atoms with Crippen LogP contribution in [0.15, 0.2) is 54.6 Å². The van der Waals surface area contributed by atoms with Crippen molar-refractivity contribution in [3.05, 3.63) is 77.1 Å². The molecule has 0 aliphatic rings. The second-order valence-electron chi connectivity index (χ2n) is 5.55. The lowest BCUT2D eigenvalue weighted by atomic mass is 10.1. The predicted octanol–water partition coefficient (Wildman–Crippen LogP) is 4.38. The maximum absolute atomic E-state index is 5.87. The average Bonchev–Trinajstić information content (AvgIpc) is 2.86. The van der Waals surface area contributed by atoms with Gasteiger partial charge in [0.05, 0.1) is 11.4 Å². The van der Waals surface area contributed by atoms with Crippen molar-refractivity contribution in [3.8, 4) is 11.4 Å². The summed E-state index contributed by atoms with van der Waals surface area (Å²) >= 11 is 0. The molecule has 0 saturated carbocycles. The van der Waals surface area contributed by atoms with Crippen LogP contribution in [0.25, 0.3) is 5.69 Å². The Bertz CT molecular complexity index is 772. The van der Waals surface area contributed by atoms with Gasteiger partial charge in [-0.1, -0.05) is 24.3 Å². The van der Waals surface area contributed by atoms with Gasteiger partial charge >= 0.3 is 0 Å². The molecule has 0 atom stereocenters. The lowest BCUT2D eigenvalue weighted by Gasteiger charge is -2.10. The fourth-order valence-corrected chi connectivity index (χ4v) is 2.51. The van der Waals surface area contributed by atoms with E-state index < -0.39 is 0 Å². The summed E-state index contributed by atoms with van der Waals surface area (Å²) in [5, 5.41) is 4.49. The van der Waals surface area contributed by atoms with Crippen LogP contribution in [0.1, 0.15) is 22.5 Å². The zero-order valence-electron chi connectivity index (χ0n) is 13.2. The summed E-state index contributed by atoms with van der Waals surface area (Å²) in [6, 6.07) is 18.4. The number of ether oxygens (including phenoxy) is 1. The number of aryl methyl sites for hydroxylation is 3. The third kappa shape index (κ3) is 3.03. The van der Waals surface area contributed by atoms with Gasteiger partial charge in [0.2, 0.25) is 0 Å². The number of benzene rings is 2. The molecule has 3 heteroatoms. The van der Waals surface area contributed by atoms with Crippen LogP contribution in [0.2, 0.25) is 0 Å². The predicted molar refractivity (Wildman–Crippen MR) is 88.5 cm³/mol. The first kappa shape index (κ1) is 14.4. The molecule has 1 heterocycles. The van der Waals surface area contributed by atoms with E-state index in [4.69, 9.17) is 4.74 Å². The molecule has 22 heavy (non-hydrogen) atoms. The summed E-state index contributed by atoms with van der Waals surface area (Å²) in [6.45, 7) is 6.75. The van der Waals surface area contributed by atoms with Crippen molar-refractivity contribution < 1.29 is 4.74 Å². The average molecular weight is 292 g/mol. The third-order valence-corrected chi connectivity index (χ3v) is 3.75. The highest BCUT2D eigenvalue weighted by atomic mass is 16.5. The minimum Gasteiger partial charge on any atom is -0.489 e. The molecule has 0 aliphatic carbocycles. The van der Waals surface area contributed by atoms with E-state index in [0.29, 0.717) is 6.61 Å². The molecule has 0 saturated heterocycles. The third-order valence-electron chi connectivity index (χ3n) is 3.75. The van der Waals surface area contributed by atoms with Gasteiger partial charge in [-0.2, -0.15) is 5.10 Å². The minimum absolute atomic E-state index is 0.589. The molecule has 1 aromatic heterocycles. The van der Waals surface area contributed by atoms with E-state index in [1.807, 2.05) is 48.0 Å². The van der Waals surface area contributed by atoms with E-state index in [9.17, 15) is 0 Å². The Balaban J connectivity index is 1.72. The summed E-state index contributed by atoms with van der Waals surface area (Å²) in [7, 11) is 0. The van der Waals surface area contributed by atoms with Crippen LogP contribution in [0.5, 0.6) is 5.75 Å². The molecule has 0 amide bonds. The number of rotatable bonds is 4. The summed E-state index contributed by atoms with van der Waals surface area (Å²) in [6.07, 6.45) is 0. The molecule has 0 unspecified atom stereocenters. The van der Waals surface area contributed by atoms with Gasteiger partial charge in [-0.05, 0) is 62.2 Å². The van der Waals surface area contributed by atoms with Crippen molar-refractivity contribution in [2.75, 3.05) is 0 Å². The van der Waals surface area contributed by atoms with Crippen LogP contribution in [-0.2, 0) is 6.61 Å². The first-order valence-electron chi connectivity index (χ1n) is 7.44. The van der Waals surface area contributed by atoms with Crippen molar-refractivity contribution in [2.24, 2.45) is 0 Å². The lowest BCUT2D eigenvalue weighted by Crippen LogP contribution is -2.00. The van der Waals surface area contributed by atoms with E-state index in [2.05, 4.69) is 37.1 Å². The van der Waals surface area contributed by atoms with Crippen molar-refractivity contribution >= 4 is 0 Å². The second-order valence-corrected chi connectivity index (χ2v) is 5.55. The van der Waals surface area contributed by atoms with Gasteiger partial charge in [0, 0.05) is 5.69 Å². The van der Waals surface area contributed by atoms with Crippen LogP contribution in [0.4, 0.5) is 0 Å². The Morgan fingerprint density at radius 1 is 0.955 bits per heavy atom. The Hall–Kier alpha value is -2.55. The first-order chi connectivity index (χ1) is 10.6. The Labute approximate surface area is 131 Å². The van der Waals surface area contributed by atoms with Crippen molar-refractivity contribution in [1.82, 2.24) is 9.78 Å². The molecule has 3 nitrogen and oxygen atoms in total. The SMILES string of the molecule is Cc1cc(C)n(-c2ccc(OCc3ccccc3C)cc2)n1. The Morgan fingerprint density at radius 3 is 2.32 bits per heavy atom. The molecule has 2 aromatic carbocycles. The van der Waals surface area contributed by atoms with Gasteiger partial charge in [0.1, 0.15) is 12.4 Å². The molecule has 0 fully saturated rings. The van der Waals surface area contributed by atoms with Crippen molar-refractivity contribution in [1.29, 1.82) is 0 Å². The number of aromatic nitrogens is 2. The van der Waals surface area contributed by atoms with Crippen LogP contribution >= 0.6 is 0 Å². The van der Waals surface area contributed by atoms with Crippen LogP contribution < -0.4 is 4.74 Å². The van der Waals surface area contributed by atoms with E-state index in [1.54, 1.807) is 0 Å². The fraction of sp³-hybridized carbons (Fsp3) is 0.211. The van der Waals surface area contributed by atoms with E-state index >= 15 is 0 Å². The molecule has 112 valence electrons. The summed E-state index contributed by atoms with van der Waals surface area (Å²) in [4.78, 5) is 0. The number of nitrogens with zero attached hydrogens (tertiary/aromatic N) is 2. The van der Waals surface area contributed by atoms with Gasteiger partial charge in [-0.25, -0.2) is 4.68 Å². The zero-order valence-corrected chi connectivity index (χ0v) is 13.2. The highest BCUT2D eigenvalue weighted by Crippen LogP contribution is 2.18. The van der Waals surface area contributed by atoms with Crippen LogP contribution in [0.3, 0.4) is 0 Å². The molecule has 0 bridgehead atoms. The standard InChI is InChI=1S/C19H20N2O/c1-14-6-4-5-7-17(14)13-22-19-10-8-18(9-11-19)21-16(3)12-15(2)20-21/h4-12H,13H2,1-3H3. The monoisotopic (exact) mass is 292 g/mol. The lowest BCUT2D eigenvalue weighted by molar-refractivity contribution is 0.305. The smallest absolute Gasteiger partial charge is 0.119 e. The molecule has 0 aliphatic heterocycles. The summed E-state index contributed by atoms with van der Waals surface area (Å²) in [5.74, 6) is 0.869. The van der Waals surface area contributed by atoms with E-state index in [-0.39, 0.29) is 0 Å². The van der Waals surface area contributed by atoms with Crippen LogP contribution in [0, 0.1) is 20.8 Å². The topological polar surface area (TPSA) is 27.1 Å².